The van der Waals surface area contributed by atoms with E-state index in [2.05, 4.69) is 15.4 Å². The molecule has 19 heavy (non-hydrogen) atoms. The molecule has 0 aliphatic rings. The molecule has 0 aromatic carbocycles. The van der Waals surface area contributed by atoms with Crippen molar-refractivity contribution in [3.63, 3.8) is 0 Å². The van der Waals surface area contributed by atoms with Crippen LogP contribution >= 0.6 is 11.6 Å². The van der Waals surface area contributed by atoms with Crippen LogP contribution in [-0.4, -0.2) is 33.2 Å². The minimum absolute atomic E-state index is 0.232. The number of hydrogen-bond donors (Lipinski definition) is 0. The van der Waals surface area contributed by atoms with Crippen LogP contribution in [0.5, 0.6) is 0 Å². The lowest BCUT2D eigenvalue weighted by Crippen LogP contribution is -2.27. The minimum Gasteiger partial charge on any atom is -0.361 e. The first-order valence-electron chi connectivity index (χ1n) is 5.65. The van der Waals surface area contributed by atoms with Gasteiger partial charge in [0.05, 0.1) is 12.2 Å². The van der Waals surface area contributed by atoms with Gasteiger partial charge < -0.3 is 9.42 Å². The van der Waals surface area contributed by atoms with Crippen molar-refractivity contribution < 1.29 is 9.32 Å². The lowest BCUT2D eigenvalue weighted by molar-refractivity contribution is 0.0777. The van der Waals surface area contributed by atoms with Crippen molar-refractivity contribution >= 4 is 17.5 Å². The highest BCUT2D eigenvalue weighted by Crippen LogP contribution is 2.15. The van der Waals surface area contributed by atoms with Crippen LogP contribution in [-0.2, 0) is 6.54 Å². The summed E-state index contributed by atoms with van der Waals surface area (Å²) in [5.74, 6) is 0.475. The van der Waals surface area contributed by atoms with Crippen LogP contribution in [0.15, 0.2) is 16.7 Å². The summed E-state index contributed by atoms with van der Waals surface area (Å²) < 4.78 is 5.06. The van der Waals surface area contributed by atoms with E-state index in [-0.39, 0.29) is 16.8 Å². The van der Waals surface area contributed by atoms with Gasteiger partial charge in [-0.2, -0.15) is 0 Å². The highest BCUT2D eigenvalue weighted by Gasteiger charge is 2.18. The maximum Gasteiger partial charge on any atom is 0.274 e. The SMILES string of the molecule is Cc1noc(C)c1CN(C)C(=O)c1ccc(Cl)nn1. The Morgan fingerprint density at radius 2 is 2.11 bits per heavy atom. The van der Waals surface area contributed by atoms with Gasteiger partial charge in [0.15, 0.2) is 10.8 Å². The van der Waals surface area contributed by atoms with Gasteiger partial charge in [-0.1, -0.05) is 16.8 Å². The van der Waals surface area contributed by atoms with E-state index >= 15 is 0 Å². The molecule has 0 fully saturated rings. The molecule has 2 rings (SSSR count). The Bertz CT molecular complexity index is 575. The highest BCUT2D eigenvalue weighted by atomic mass is 35.5. The number of carbonyl (C=O) groups excluding carboxylic acids is 1. The van der Waals surface area contributed by atoms with Gasteiger partial charge in [0.1, 0.15) is 5.76 Å². The van der Waals surface area contributed by atoms with Gasteiger partial charge >= 0.3 is 0 Å². The molecule has 0 N–H and O–H groups in total. The second-order valence-corrected chi connectivity index (χ2v) is 4.59. The van der Waals surface area contributed by atoms with Gasteiger partial charge in [-0.25, -0.2) is 0 Å². The number of nitrogens with zero attached hydrogens (tertiary/aromatic N) is 4. The van der Waals surface area contributed by atoms with Crippen molar-refractivity contribution in [3.8, 4) is 0 Å². The Morgan fingerprint density at radius 3 is 2.63 bits per heavy atom. The molecule has 0 saturated heterocycles. The van der Waals surface area contributed by atoms with Crippen LogP contribution in [0.3, 0.4) is 0 Å². The Hall–Kier alpha value is -1.95. The summed E-state index contributed by atoms with van der Waals surface area (Å²) in [7, 11) is 1.69. The molecular weight excluding hydrogens is 268 g/mol. The van der Waals surface area contributed by atoms with Crippen molar-refractivity contribution in [2.45, 2.75) is 20.4 Å². The highest BCUT2D eigenvalue weighted by molar-refractivity contribution is 6.29. The third-order valence-electron chi connectivity index (χ3n) is 2.77. The third kappa shape index (κ3) is 2.90. The number of carbonyl (C=O) groups is 1. The second-order valence-electron chi connectivity index (χ2n) is 4.21. The van der Waals surface area contributed by atoms with E-state index in [1.807, 2.05) is 13.8 Å². The van der Waals surface area contributed by atoms with Gasteiger partial charge in [0.2, 0.25) is 0 Å². The predicted octanol–water partition coefficient (Wildman–Crippen LogP) is 2.01. The van der Waals surface area contributed by atoms with Crippen LogP contribution in [0.2, 0.25) is 5.15 Å². The summed E-state index contributed by atoms with van der Waals surface area (Å²) in [6, 6.07) is 3.08. The molecule has 100 valence electrons. The van der Waals surface area contributed by atoms with E-state index in [1.165, 1.54) is 11.0 Å². The molecule has 1 amide bonds. The number of rotatable bonds is 3. The number of hydrogen-bond acceptors (Lipinski definition) is 5. The molecule has 6 nitrogen and oxygen atoms in total. The van der Waals surface area contributed by atoms with E-state index in [9.17, 15) is 4.79 Å². The van der Waals surface area contributed by atoms with Crippen LogP contribution in [0.1, 0.15) is 27.5 Å². The lowest BCUT2D eigenvalue weighted by Gasteiger charge is -2.16. The maximum absolute atomic E-state index is 12.1. The second kappa shape index (κ2) is 5.36. The van der Waals surface area contributed by atoms with Crippen molar-refractivity contribution in [1.82, 2.24) is 20.3 Å². The van der Waals surface area contributed by atoms with Crippen LogP contribution in [0.25, 0.3) is 0 Å². The van der Waals surface area contributed by atoms with Gasteiger partial charge in [-0.15, -0.1) is 10.2 Å². The standard InChI is InChI=1S/C12H13ClN4O2/c1-7-9(8(2)19-16-7)6-17(3)12(18)10-4-5-11(13)15-14-10/h4-5H,6H2,1-3H3. The monoisotopic (exact) mass is 280 g/mol. The number of aromatic nitrogens is 3. The van der Waals surface area contributed by atoms with E-state index < -0.39 is 0 Å². The van der Waals surface area contributed by atoms with Crippen molar-refractivity contribution in [3.05, 3.63) is 40.0 Å². The first-order valence-corrected chi connectivity index (χ1v) is 6.03. The van der Waals surface area contributed by atoms with Gasteiger partial charge in [0, 0.05) is 12.6 Å². The van der Waals surface area contributed by atoms with E-state index in [0.29, 0.717) is 12.3 Å². The van der Waals surface area contributed by atoms with E-state index in [0.717, 1.165) is 11.3 Å². The normalized spacial score (nSPS) is 10.5. The summed E-state index contributed by atoms with van der Waals surface area (Å²) in [4.78, 5) is 13.7. The van der Waals surface area contributed by atoms with Gasteiger partial charge in [-0.05, 0) is 26.0 Å². The van der Waals surface area contributed by atoms with E-state index in [1.54, 1.807) is 13.1 Å². The maximum atomic E-state index is 12.1. The molecule has 0 unspecified atom stereocenters. The Balaban J connectivity index is 2.14. The molecule has 7 heteroatoms. The number of aryl methyl sites for hydroxylation is 2. The quantitative estimate of drug-likeness (QED) is 0.860. The predicted molar refractivity (Wildman–Crippen MR) is 68.8 cm³/mol. The van der Waals surface area contributed by atoms with Crippen LogP contribution in [0.4, 0.5) is 0 Å². The fourth-order valence-electron chi connectivity index (χ4n) is 1.66. The van der Waals surface area contributed by atoms with Crippen LogP contribution in [0, 0.1) is 13.8 Å². The lowest BCUT2D eigenvalue weighted by atomic mass is 10.2. The van der Waals surface area contributed by atoms with Crippen LogP contribution < -0.4 is 0 Å². The first kappa shape index (κ1) is 13.5. The third-order valence-corrected chi connectivity index (χ3v) is 2.98. The van der Waals surface area contributed by atoms with Gasteiger partial charge in [0.25, 0.3) is 5.91 Å². The summed E-state index contributed by atoms with van der Waals surface area (Å²) in [5.41, 5.74) is 1.93. The average molecular weight is 281 g/mol. The fraction of sp³-hybridized carbons (Fsp3) is 0.333. The summed E-state index contributed by atoms with van der Waals surface area (Å²) in [5, 5.41) is 11.5. The molecular formula is C12H13ClN4O2. The molecule has 0 aliphatic heterocycles. The van der Waals surface area contributed by atoms with E-state index in [4.69, 9.17) is 16.1 Å². The van der Waals surface area contributed by atoms with Gasteiger partial charge in [-0.3, -0.25) is 4.79 Å². The summed E-state index contributed by atoms with van der Waals surface area (Å²) in [6.45, 7) is 4.06. The molecule has 2 aromatic heterocycles. The molecule has 0 spiro atoms. The molecule has 0 saturated carbocycles. The Labute approximate surface area is 115 Å². The molecule has 2 aromatic rings. The molecule has 0 aliphatic carbocycles. The smallest absolute Gasteiger partial charge is 0.274 e. The fourth-order valence-corrected chi connectivity index (χ4v) is 1.76. The zero-order valence-electron chi connectivity index (χ0n) is 10.8. The first-order chi connectivity index (χ1) is 8.99. The number of amides is 1. The van der Waals surface area contributed by atoms with Crippen molar-refractivity contribution in [1.29, 1.82) is 0 Å². The zero-order chi connectivity index (χ0) is 14.0. The Morgan fingerprint density at radius 1 is 1.37 bits per heavy atom. The molecule has 0 bridgehead atoms. The Kier molecular flexibility index (Phi) is 3.80. The zero-order valence-corrected chi connectivity index (χ0v) is 11.6. The molecule has 0 radical (unpaired) electrons. The summed E-state index contributed by atoms with van der Waals surface area (Å²) >= 11 is 5.63. The molecule has 0 atom stereocenters. The van der Waals surface area contributed by atoms with Crippen molar-refractivity contribution in [2.75, 3.05) is 7.05 Å². The average Bonchev–Trinajstić information content (AvgIpc) is 2.70. The topological polar surface area (TPSA) is 72.1 Å². The largest absolute Gasteiger partial charge is 0.361 e. The molecule has 2 heterocycles. The van der Waals surface area contributed by atoms with Crippen molar-refractivity contribution in [2.24, 2.45) is 0 Å². The summed E-state index contributed by atoms with van der Waals surface area (Å²) in [6.07, 6.45) is 0. The minimum atomic E-state index is -0.232. The number of halogens is 1.